The van der Waals surface area contributed by atoms with Crippen LogP contribution in [0.1, 0.15) is 75.1 Å². The Hall–Kier alpha value is -9.52. The minimum Gasteiger partial charge on any atom is -0.489 e. The average Bonchev–Trinajstić information content (AvgIpc) is 1.81. The van der Waals surface area contributed by atoms with Gasteiger partial charge in [0.25, 0.3) is 0 Å². The molecule has 1 amide bonds. The zero-order valence-corrected chi connectivity index (χ0v) is 54.8. The molecule has 2 aromatic heterocycles. The molecule has 0 aliphatic rings. The van der Waals surface area contributed by atoms with Crippen LogP contribution in [-0.2, 0) is 14.1 Å². The number of amides is 1. The summed E-state index contributed by atoms with van der Waals surface area (Å²) in [6.45, 7) is 14.1. The van der Waals surface area contributed by atoms with E-state index in [0.717, 1.165) is 33.9 Å². The lowest BCUT2D eigenvalue weighted by molar-refractivity contribution is 0.0930. The number of ether oxygens (including phenoxy) is 3. The number of hydrogen-bond acceptors (Lipinski definition) is 15. The summed E-state index contributed by atoms with van der Waals surface area (Å²) in [7, 11) is 3.78. The fraction of sp³-hybridized carbons (Fsp3) is 0.310. The first-order chi connectivity index (χ1) is 44.9. The van der Waals surface area contributed by atoms with Crippen LogP contribution >= 0.6 is 0 Å². The summed E-state index contributed by atoms with van der Waals surface area (Å²) in [6, 6.07) is 42.0. The van der Waals surface area contributed by atoms with Crippen LogP contribution in [0.15, 0.2) is 211 Å². The van der Waals surface area contributed by atoms with E-state index in [1.165, 1.54) is 0 Å². The number of carbonyl (C=O) groups excluding carboxylic acids is 3. The Labute approximate surface area is 548 Å². The second-order valence-corrected chi connectivity index (χ2v) is 23.4. The molecular weight excluding hydrogens is 1210 g/mol. The Morgan fingerprint density at radius 1 is 0.447 bits per heavy atom. The molecule has 0 spiro atoms. The molecule has 0 bridgehead atoms. The van der Waals surface area contributed by atoms with Crippen LogP contribution < -0.4 is 58.8 Å². The molecule has 0 unspecified atom stereocenters. The van der Waals surface area contributed by atoms with E-state index in [1.807, 2.05) is 147 Å². The molecule has 2 heterocycles. The number of aryl methyl sites for hydroxylation is 2. The van der Waals surface area contributed by atoms with E-state index in [0.29, 0.717) is 114 Å². The van der Waals surface area contributed by atoms with Crippen LogP contribution in [-0.4, -0.2) is 103 Å². The highest BCUT2D eigenvalue weighted by Crippen LogP contribution is 2.26. The second kappa shape index (κ2) is 42.6. The minimum absolute atomic E-state index is 0.0179. The predicted octanol–water partition coefficient (Wildman–Crippen LogP) is 13.2. The maximum absolute atomic E-state index is 12.4. The monoisotopic (exact) mass is 1300 g/mol. The Morgan fingerprint density at radius 2 is 0.787 bits per heavy atom. The molecule has 0 saturated carbocycles. The van der Waals surface area contributed by atoms with E-state index in [9.17, 15) is 36.3 Å². The van der Waals surface area contributed by atoms with Crippen molar-refractivity contribution in [1.82, 2.24) is 24.9 Å². The number of Topliss-reactive ketones (excluding diaryl/α,β-unsaturated/α-hetero) is 2. The van der Waals surface area contributed by atoms with E-state index < -0.39 is 6.09 Å². The largest absolute Gasteiger partial charge is 0.489 e. The first kappa shape index (κ1) is 78.7. The van der Waals surface area contributed by atoms with Gasteiger partial charge in [-0.05, 0) is 149 Å². The highest BCUT2D eigenvalue weighted by Gasteiger charge is 2.19. The molecule has 506 valence electrons. The van der Waals surface area contributed by atoms with Gasteiger partial charge in [0.2, 0.25) is 0 Å². The van der Waals surface area contributed by atoms with Crippen molar-refractivity contribution in [2.75, 3.05) is 76.2 Å². The van der Waals surface area contributed by atoms with Crippen molar-refractivity contribution in [3.8, 4) is 39.8 Å². The number of nitrogens with two attached hydrogens (primary N) is 5. The Bertz CT molecular complexity index is 3310. The van der Waals surface area contributed by atoms with Gasteiger partial charge in [-0.1, -0.05) is 59.7 Å². The second-order valence-electron chi connectivity index (χ2n) is 23.4. The van der Waals surface area contributed by atoms with Gasteiger partial charge in [0, 0.05) is 136 Å². The quantitative estimate of drug-likeness (QED) is 0.0185. The summed E-state index contributed by atoms with van der Waals surface area (Å²) in [6.07, 6.45) is 6.29. The number of aromatic nitrogens is 4. The number of ketones is 2. The summed E-state index contributed by atoms with van der Waals surface area (Å²) in [5, 5.41) is 16.7. The van der Waals surface area contributed by atoms with E-state index in [4.69, 9.17) is 42.9 Å². The summed E-state index contributed by atoms with van der Waals surface area (Å²) >= 11 is 0. The highest BCUT2D eigenvalue weighted by molar-refractivity contribution is 5.97. The van der Waals surface area contributed by atoms with Crippen LogP contribution in [0.5, 0.6) is 17.2 Å². The van der Waals surface area contributed by atoms with Crippen molar-refractivity contribution in [2.24, 2.45) is 53.6 Å². The van der Waals surface area contributed by atoms with Gasteiger partial charge in [-0.3, -0.25) is 19.0 Å². The van der Waals surface area contributed by atoms with Gasteiger partial charge >= 0.3 is 6.09 Å². The molecule has 7 aromatic rings. The zero-order valence-electron chi connectivity index (χ0n) is 54.8. The number of carbonyl (C=O) groups is 3. The predicted molar refractivity (Wildman–Crippen MR) is 367 cm³/mol. The lowest BCUT2D eigenvalue weighted by atomic mass is 9.88. The smallest absolute Gasteiger partial charge is 0.412 e. The summed E-state index contributed by atoms with van der Waals surface area (Å²) < 4.78 is 80.9. The third kappa shape index (κ3) is 30.7. The van der Waals surface area contributed by atoms with Gasteiger partial charge < -0.3 is 58.8 Å². The number of nitrogens with zero attached hydrogens (tertiary/aromatic N) is 4. The molecule has 18 nitrogen and oxygen atoms in total. The van der Waals surface area contributed by atoms with Crippen molar-refractivity contribution in [1.29, 1.82) is 0 Å². The maximum Gasteiger partial charge on any atom is 0.412 e. The number of benzene rings is 5. The standard InChI is InChI=1S/2C16H23FN2O.2C14H16FN3O.C11H13FN2O2/c2*1-16(2,3)8-15(20)13-4-6-14(7-5-13)19-11-12(9-17)10-18;2*1-18-14(6-7-17-18)12-2-4-13(5-3-12)19-10-11(8-15)9-16;12-6-9(7-13)8-14-11(15)16-10-4-2-1-3-5-10/h2*4-7,9,19H,8,10-11,18H2,1-3H3;2*2-8H,9-10,16H2,1H3;1-6H,7-8,13H2,(H,14,15)/b12-9+;12-9-;11-8+;11-8-;9-6+. The van der Waals surface area contributed by atoms with Gasteiger partial charge in [0.05, 0.1) is 43.0 Å². The highest BCUT2D eigenvalue weighted by atomic mass is 19.1. The number of anilines is 2. The minimum atomic E-state index is -0.640. The fourth-order valence-corrected chi connectivity index (χ4v) is 7.81. The molecule has 0 saturated heterocycles. The molecule has 5 aromatic carbocycles. The van der Waals surface area contributed by atoms with Gasteiger partial charge in [-0.15, -0.1) is 0 Å². The lowest BCUT2D eigenvalue weighted by Gasteiger charge is -2.16. The third-order valence-electron chi connectivity index (χ3n) is 13.1. The van der Waals surface area contributed by atoms with Crippen molar-refractivity contribution in [3.05, 3.63) is 223 Å². The third-order valence-corrected chi connectivity index (χ3v) is 13.1. The summed E-state index contributed by atoms with van der Waals surface area (Å²) in [4.78, 5) is 35.3. The molecule has 0 aliphatic heterocycles. The first-order valence-electron chi connectivity index (χ1n) is 30.0. The van der Waals surface area contributed by atoms with Gasteiger partial charge in [0.15, 0.2) is 11.6 Å². The molecule has 0 atom stereocenters. The molecule has 7 rings (SSSR count). The van der Waals surface area contributed by atoms with Crippen LogP contribution in [0.2, 0.25) is 0 Å². The van der Waals surface area contributed by atoms with Crippen molar-refractivity contribution >= 4 is 29.0 Å². The normalized spacial score (nSPS) is 11.8. The van der Waals surface area contributed by atoms with Gasteiger partial charge in [0.1, 0.15) is 30.5 Å². The topological polar surface area (TPSA) is 281 Å². The zero-order chi connectivity index (χ0) is 69.5. The first-order valence-corrected chi connectivity index (χ1v) is 30.0. The number of rotatable bonds is 26. The Balaban J connectivity index is 0.000000307. The molecule has 0 radical (unpaired) electrons. The SMILES string of the molecule is CC(C)(C)CC(=O)c1ccc(NC/C(=C/F)CN)cc1.CC(C)(C)CC(=O)c1ccc(NC/C(=C\F)CN)cc1.Cn1nccc1-c1ccc(OC/C(=C/F)CN)cc1.Cn1nccc1-c1ccc(OC/C(=C\F)CN)cc1.NC/C(=C\F)CNC(=O)Oc1ccccc1. The molecule has 0 aliphatic carbocycles. The molecule has 23 heteroatoms. The van der Waals surface area contributed by atoms with Crippen LogP contribution in [0.4, 0.5) is 38.1 Å². The van der Waals surface area contributed by atoms with E-state index >= 15 is 0 Å². The molecule has 94 heavy (non-hydrogen) atoms. The van der Waals surface area contributed by atoms with Gasteiger partial charge in [-0.25, -0.2) is 26.7 Å². The van der Waals surface area contributed by atoms with Crippen LogP contribution in [0.3, 0.4) is 0 Å². The van der Waals surface area contributed by atoms with Crippen LogP contribution in [0, 0.1) is 10.8 Å². The van der Waals surface area contributed by atoms with E-state index in [1.54, 1.807) is 70.3 Å². The molecule has 13 N–H and O–H groups in total. The lowest BCUT2D eigenvalue weighted by Crippen LogP contribution is -2.30. The van der Waals surface area contributed by atoms with Crippen molar-refractivity contribution < 1.29 is 50.5 Å². The summed E-state index contributed by atoms with van der Waals surface area (Å²) in [5.74, 6) is 2.06. The fourth-order valence-electron chi connectivity index (χ4n) is 7.81. The molecular formula is C71H91F5N12O6. The van der Waals surface area contributed by atoms with E-state index in [2.05, 4.69) is 26.1 Å². The van der Waals surface area contributed by atoms with E-state index in [-0.39, 0.29) is 74.9 Å². The number of hydrogen-bond donors (Lipinski definition) is 8. The summed E-state index contributed by atoms with van der Waals surface area (Å²) in [5.41, 5.74) is 36.0. The van der Waals surface area contributed by atoms with Crippen molar-refractivity contribution in [3.63, 3.8) is 0 Å². The molecule has 0 fully saturated rings. The Morgan fingerprint density at radius 3 is 1.09 bits per heavy atom. The van der Waals surface area contributed by atoms with Crippen LogP contribution in [0.25, 0.3) is 22.5 Å². The number of nitrogens with one attached hydrogen (secondary N) is 3. The average molecular weight is 1300 g/mol. The number of para-hydroxylation sites is 1. The maximum atomic E-state index is 12.4. The van der Waals surface area contributed by atoms with Crippen molar-refractivity contribution in [2.45, 2.75) is 54.4 Å². The number of halogens is 5. The van der Waals surface area contributed by atoms with Gasteiger partial charge in [-0.2, -0.15) is 10.2 Å². The Kier molecular flexibility index (Phi) is 35.7.